The summed E-state index contributed by atoms with van der Waals surface area (Å²) in [7, 11) is 0. The highest BCUT2D eigenvalue weighted by molar-refractivity contribution is 5.71. The number of allylic oxidation sites excluding steroid dienone is 5. The average molecular weight is 292 g/mol. The van der Waals surface area contributed by atoms with E-state index in [-0.39, 0.29) is 12.1 Å². The van der Waals surface area contributed by atoms with Gasteiger partial charge in [0.1, 0.15) is 0 Å². The van der Waals surface area contributed by atoms with E-state index in [1.165, 1.54) is 16.7 Å². The molecule has 0 aromatic heterocycles. The van der Waals surface area contributed by atoms with Gasteiger partial charge in [-0.1, -0.05) is 34.9 Å². The summed E-state index contributed by atoms with van der Waals surface area (Å²) in [6, 6.07) is 0. The molecule has 0 rings (SSSR count). The number of carbonyl (C=O) groups is 1. The Morgan fingerprint density at radius 3 is 1.95 bits per heavy atom. The summed E-state index contributed by atoms with van der Waals surface area (Å²) in [5, 5.41) is 0. The van der Waals surface area contributed by atoms with E-state index in [2.05, 4.69) is 39.8 Å². The van der Waals surface area contributed by atoms with E-state index in [0.717, 1.165) is 25.7 Å². The molecule has 0 saturated heterocycles. The molecule has 0 fully saturated rings. The Kier molecular flexibility index (Phi) is 10.7. The highest BCUT2D eigenvalue weighted by Crippen LogP contribution is 2.12. The van der Waals surface area contributed by atoms with Crippen molar-refractivity contribution in [2.45, 2.75) is 79.8 Å². The van der Waals surface area contributed by atoms with Crippen molar-refractivity contribution in [2.75, 3.05) is 0 Å². The van der Waals surface area contributed by atoms with E-state index < -0.39 is 0 Å². The first-order chi connectivity index (χ1) is 9.81. The van der Waals surface area contributed by atoms with Crippen molar-refractivity contribution >= 4 is 5.97 Å². The number of ether oxygens (including phenoxy) is 1. The van der Waals surface area contributed by atoms with Crippen molar-refractivity contribution in [1.29, 1.82) is 0 Å². The molecule has 0 spiro atoms. The van der Waals surface area contributed by atoms with Gasteiger partial charge in [-0.15, -0.1) is 0 Å². The van der Waals surface area contributed by atoms with E-state index in [4.69, 9.17) is 4.74 Å². The maximum atomic E-state index is 11.4. The zero-order valence-electron chi connectivity index (χ0n) is 14.7. The lowest BCUT2D eigenvalue weighted by molar-refractivity contribution is -0.146. The average Bonchev–Trinajstić information content (AvgIpc) is 2.35. The molecule has 0 unspecified atom stereocenters. The summed E-state index contributed by atoms with van der Waals surface area (Å²) in [6.07, 6.45) is 11.2. The minimum Gasteiger partial charge on any atom is -0.463 e. The topological polar surface area (TPSA) is 26.3 Å². The lowest BCUT2D eigenvalue weighted by atomic mass is 10.1. The second-order valence-corrected chi connectivity index (χ2v) is 6.20. The highest BCUT2D eigenvalue weighted by Gasteiger charge is 2.02. The van der Waals surface area contributed by atoms with Crippen LogP contribution in [0.15, 0.2) is 34.9 Å². The zero-order valence-corrected chi connectivity index (χ0v) is 14.7. The van der Waals surface area contributed by atoms with Crippen LogP contribution in [0.25, 0.3) is 0 Å². The van der Waals surface area contributed by atoms with Gasteiger partial charge < -0.3 is 4.74 Å². The molecule has 0 radical (unpaired) electrons. The van der Waals surface area contributed by atoms with Gasteiger partial charge in [-0.25, -0.2) is 0 Å². The first-order valence-electron chi connectivity index (χ1n) is 7.95. The molecule has 0 bridgehead atoms. The van der Waals surface area contributed by atoms with E-state index in [9.17, 15) is 4.79 Å². The van der Waals surface area contributed by atoms with Gasteiger partial charge in [0.05, 0.1) is 12.5 Å². The first kappa shape index (κ1) is 19.7. The van der Waals surface area contributed by atoms with Crippen molar-refractivity contribution in [3.8, 4) is 0 Å². The van der Waals surface area contributed by atoms with Crippen LogP contribution >= 0.6 is 0 Å². The number of rotatable bonds is 9. The van der Waals surface area contributed by atoms with Gasteiger partial charge in [-0.3, -0.25) is 4.79 Å². The maximum absolute atomic E-state index is 11.4. The molecular formula is C19H32O2. The molecule has 0 saturated carbocycles. The molecule has 0 aliphatic heterocycles. The minimum atomic E-state index is -0.141. The Morgan fingerprint density at radius 1 is 0.905 bits per heavy atom. The van der Waals surface area contributed by atoms with Crippen LogP contribution in [-0.4, -0.2) is 12.1 Å². The SMILES string of the molecule is CC(C)=CCC/C(C)=C/CC/C(C)=C/CC(=O)OC(C)C. The predicted octanol–water partition coefficient (Wildman–Crippen LogP) is 5.75. The molecule has 0 amide bonds. The van der Waals surface area contributed by atoms with Crippen LogP contribution in [0.1, 0.15) is 73.6 Å². The zero-order chi connectivity index (χ0) is 16.3. The number of hydrogen-bond acceptors (Lipinski definition) is 2. The van der Waals surface area contributed by atoms with E-state index in [0.29, 0.717) is 6.42 Å². The molecule has 2 nitrogen and oxygen atoms in total. The van der Waals surface area contributed by atoms with Gasteiger partial charge in [0, 0.05) is 0 Å². The Balaban J connectivity index is 3.98. The van der Waals surface area contributed by atoms with Gasteiger partial charge >= 0.3 is 5.97 Å². The summed E-state index contributed by atoms with van der Waals surface area (Å²) in [6.45, 7) is 12.3. The summed E-state index contributed by atoms with van der Waals surface area (Å²) < 4.78 is 5.11. The fraction of sp³-hybridized carbons (Fsp3) is 0.632. The molecule has 120 valence electrons. The molecular weight excluding hydrogens is 260 g/mol. The monoisotopic (exact) mass is 292 g/mol. The third-order valence-corrected chi connectivity index (χ3v) is 3.11. The molecule has 21 heavy (non-hydrogen) atoms. The quantitative estimate of drug-likeness (QED) is 0.399. The molecule has 0 atom stereocenters. The van der Waals surface area contributed by atoms with Crippen LogP contribution in [0.4, 0.5) is 0 Å². The van der Waals surface area contributed by atoms with Gasteiger partial charge in [-0.05, 0) is 67.2 Å². The summed E-state index contributed by atoms with van der Waals surface area (Å²) in [5.74, 6) is -0.141. The van der Waals surface area contributed by atoms with Gasteiger partial charge in [0.25, 0.3) is 0 Å². The van der Waals surface area contributed by atoms with Crippen LogP contribution in [0.2, 0.25) is 0 Å². The highest BCUT2D eigenvalue weighted by atomic mass is 16.5. The van der Waals surface area contributed by atoms with Gasteiger partial charge in [-0.2, -0.15) is 0 Å². The van der Waals surface area contributed by atoms with Gasteiger partial charge in [0.15, 0.2) is 0 Å². The van der Waals surface area contributed by atoms with E-state index in [1.54, 1.807) is 0 Å². The number of carbonyl (C=O) groups excluding carboxylic acids is 1. The van der Waals surface area contributed by atoms with Crippen molar-refractivity contribution in [1.82, 2.24) is 0 Å². The lowest BCUT2D eigenvalue weighted by Gasteiger charge is -2.06. The molecule has 0 aromatic rings. The van der Waals surface area contributed by atoms with E-state index >= 15 is 0 Å². The molecule has 0 aliphatic carbocycles. The van der Waals surface area contributed by atoms with Gasteiger partial charge in [0.2, 0.25) is 0 Å². The fourth-order valence-corrected chi connectivity index (χ4v) is 1.91. The third-order valence-electron chi connectivity index (χ3n) is 3.11. The molecule has 0 aliphatic rings. The largest absolute Gasteiger partial charge is 0.463 e. The Morgan fingerprint density at radius 2 is 1.43 bits per heavy atom. The molecule has 0 heterocycles. The number of esters is 1. The molecule has 2 heteroatoms. The van der Waals surface area contributed by atoms with Crippen LogP contribution in [0.5, 0.6) is 0 Å². The van der Waals surface area contributed by atoms with Crippen LogP contribution < -0.4 is 0 Å². The third kappa shape index (κ3) is 13.4. The van der Waals surface area contributed by atoms with Crippen molar-refractivity contribution in [3.05, 3.63) is 34.9 Å². The van der Waals surface area contributed by atoms with Crippen LogP contribution in [-0.2, 0) is 9.53 Å². The fourth-order valence-electron chi connectivity index (χ4n) is 1.91. The lowest BCUT2D eigenvalue weighted by Crippen LogP contribution is -2.10. The predicted molar refractivity (Wildman–Crippen MR) is 91.3 cm³/mol. The minimum absolute atomic E-state index is 0.0300. The van der Waals surface area contributed by atoms with E-state index in [1.807, 2.05) is 19.9 Å². The Bertz CT molecular complexity index is 394. The summed E-state index contributed by atoms with van der Waals surface area (Å²) in [4.78, 5) is 11.4. The standard InChI is InChI=1S/C19H32O2/c1-15(2)9-7-10-17(5)11-8-12-18(6)13-14-19(20)21-16(3)4/h9,11,13,16H,7-8,10,12,14H2,1-6H3/b17-11+,18-13+. The van der Waals surface area contributed by atoms with Crippen LogP contribution in [0.3, 0.4) is 0 Å². The molecule has 0 aromatic carbocycles. The van der Waals surface area contributed by atoms with Crippen LogP contribution in [0, 0.1) is 0 Å². The van der Waals surface area contributed by atoms with Crippen molar-refractivity contribution < 1.29 is 9.53 Å². The smallest absolute Gasteiger partial charge is 0.309 e. The van der Waals surface area contributed by atoms with Crippen molar-refractivity contribution in [2.24, 2.45) is 0 Å². The van der Waals surface area contributed by atoms with Crippen molar-refractivity contribution in [3.63, 3.8) is 0 Å². The number of hydrogen-bond donors (Lipinski definition) is 0. The Labute approximate surface area is 131 Å². The molecule has 0 N–H and O–H groups in total. The second-order valence-electron chi connectivity index (χ2n) is 6.20. The summed E-state index contributed by atoms with van der Waals surface area (Å²) >= 11 is 0. The second kappa shape index (κ2) is 11.4. The summed E-state index contributed by atoms with van der Waals surface area (Å²) in [5.41, 5.74) is 4.08. The maximum Gasteiger partial charge on any atom is 0.309 e. The Hall–Kier alpha value is -1.31. The normalized spacial score (nSPS) is 12.5. The first-order valence-corrected chi connectivity index (χ1v) is 7.95.